The van der Waals surface area contributed by atoms with Crippen LogP contribution < -0.4 is 0 Å². The highest BCUT2D eigenvalue weighted by Gasteiger charge is 2.50. The van der Waals surface area contributed by atoms with E-state index in [1.54, 1.807) is 6.92 Å². The van der Waals surface area contributed by atoms with Gasteiger partial charge >= 0.3 is 0 Å². The van der Waals surface area contributed by atoms with Crippen molar-refractivity contribution in [2.45, 2.75) is 31.5 Å². The van der Waals surface area contributed by atoms with E-state index in [1.165, 1.54) is 0 Å². The Morgan fingerprint density at radius 2 is 1.79 bits per heavy atom. The largest absolute Gasteiger partial charge is 0.300 e. The molecule has 0 aliphatic rings. The second-order valence-corrected chi connectivity index (χ2v) is 4.73. The molecule has 0 aliphatic heterocycles. The first-order chi connectivity index (χ1) is 6.20. The van der Waals surface area contributed by atoms with E-state index in [0.29, 0.717) is 5.75 Å². The summed E-state index contributed by atoms with van der Waals surface area (Å²) in [7, 11) is 2.80. The van der Waals surface area contributed by atoms with Crippen molar-refractivity contribution in [2.24, 2.45) is 0 Å². The maximum atomic E-state index is 12.5. The Labute approximate surface area is 84.1 Å². The van der Waals surface area contributed by atoms with Gasteiger partial charge in [-0.2, -0.15) is 0 Å². The highest BCUT2D eigenvalue weighted by atomic mass is 32.2. The predicted molar refractivity (Wildman–Crippen MR) is 48.4 cm³/mol. The van der Waals surface area contributed by atoms with Crippen LogP contribution in [0.2, 0.25) is 0 Å². The van der Waals surface area contributed by atoms with Crippen molar-refractivity contribution in [1.82, 2.24) is 0 Å². The summed E-state index contributed by atoms with van der Waals surface area (Å²) in [6, 6.07) is 0. The molecule has 2 radical (unpaired) electrons. The SMILES string of the molecule is [B]C(F)(F)C(F)(F)CCCS(=O)CC. The number of hydrogen-bond donors (Lipinski definition) is 0. The Hall–Kier alpha value is -0.0651. The lowest BCUT2D eigenvalue weighted by Crippen LogP contribution is -2.40. The summed E-state index contributed by atoms with van der Waals surface area (Å²) >= 11 is 0. The molecular weight excluding hydrogens is 219 g/mol. The van der Waals surface area contributed by atoms with E-state index in [0.717, 1.165) is 0 Å². The highest BCUT2D eigenvalue weighted by molar-refractivity contribution is 7.84. The average molecular weight is 230 g/mol. The molecule has 0 heterocycles. The van der Waals surface area contributed by atoms with Crippen molar-refractivity contribution in [1.29, 1.82) is 0 Å². The monoisotopic (exact) mass is 230 g/mol. The molecule has 0 aromatic carbocycles. The first-order valence-corrected chi connectivity index (χ1v) is 5.59. The maximum Gasteiger partial charge on any atom is 0.300 e. The van der Waals surface area contributed by atoms with Crippen LogP contribution in [0.3, 0.4) is 0 Å². The third-order valence-electron chi connectivity index (χ3n) is 1.67. The quantitative estimate of drug-likeness (QED) is 0.503. The molecule has 0 aromatic rings. The number of hydrogen-bond acceptors (Lipinski definition) is 1. The van der Waals surface area contributed by atoms with E-state index < -0.39 is 29.0 Å². The van der Waals surface area contributed by atoms with Gasteiger partial charge in [-0.15, -0.1) is 0 Å². The fraction of sp³-hybridized carbons (Fsp3) is 1.00. The molecule has 0 spiro atoms. The summed E-state index contributed by atoms with van der Waals surface area (Å²) < 4.78 is 59.9. The first-order valence-electron chi connectivity index (χ1n) is 4.10. The third-order valence-corrected chi connectivity index (χ3v) is 3.06. The van der Waals surface area contributed by atoms with Gasteiger partial charge in [-0.3, -0.25) is 4.21 Å². The summed E-state index contributed by atoms with van der Waals surface area (Å²) in [5.74, 6) is -8.38. The van der Waals surface area contributed by atoms with Crippen molar-refractivity contribution < 1.29 is 21.8 Å². The van der Waals surface area contributed by atoms with Crippen LogP contribution in [0.4, 0.5) is 17.6 Å². The standard InChI is InChI=1S/C7H11BF4OS/c1-2-14(13)5-3-4-6(9,10)7(8,11)12/h2-5H2,1H3. The topological polar surface area (TPSA) is 17.1 Å². The molecule has 14 heavy (non-hydrogen) atoms. The fourth-order valence-corrected chi connectivity index (χ4v) is 1.52. The zero-order valence-corrected chi connectivity index (χ0v) is 8.55. The molecule has 0 saturated heterocycles. The van der Waals surface area contributed by atoms with E-state index in [9.17, 15) is 21.8 Å². The van der Waals surface area contributed by atoms with E-state index in [2.05, 4.69) is 7.85 Å². The van der Waals surface area contributed by atoms with Gasteiger partial charge < -0.3 is 0 Å². The minimum atomic E-state index is -4.50. The second-order valence-electron chi connectivity index (χ2n) is 2.86. The summed E-state index contributed by atoms with van der Waals surface area (Å²) in [6.07, 6.45) is -1.26. The Bertz CT molecular complexity index is 204. The van der Waals surface area contributed by atoms with Gasteiger partial charge in [0.25, 0.3) is 11.7 Å². The van der Waals surface area contributed by atoms with E-state index in [4.69, 9.17) is 0 Å². The van der Waals surface area contributed by atoms with Crippen LogP contribution >= 0.6 is 0 Å². The molecule has 0 fully saturated rings. The molecule has 0 aliphatic carbocycles. The molecule has 0 N–H and O–H groups in total. The molecule has 1 atom stereocenters. The number of alkyl halides is 4. The molecule has 1 nitrogen and oxygen atoms in total. The smallest absolute Gasteiger partial charge is 0.260 e. The van der Waals surface area contributed by atoms with Gasteiger partial charge in [-0.25, -0.2) is 17.6 Å². The zero-order chi connectivity index (χ0) is 11.4. The minimum Gasteiger partial charge on any atom is -0.260 e. The van der Waals surface area contributed by atoms with Crippen LogP contribution in [0, 0.1) is 0 Å². The molecule has 0 saturated carbocycles. The van der Waals surface area contributed by atoms with Gasteiger partial charge in [-0.05, 0) is 6.42 Å². The Morgan fingerprint density at radius 1 is 1.29 bits per heavy atom. The Kier molecular flexibility index (Phi) is 5.12. The average Bonchev–Trinajstić information content (AvgIpc) is 2.01. The molecular formula is C7H11BF4OS. The van der Waals surface area contributed by atoms with Crippen molar-refractivity contribution in [3.8, 4) is 0 Å². The predicted octanol–water partition coefficient (Wildman–Crippen LogP) is 1.93. The molecule has 0 bridgehead atoms. The number of rotatable bonds is 6. The lowest BCUT2D eigenvalue weighted by Gasteiger charge is -2.23. The molecule has 0 rings (SSSR count). The van der Waals surface area contributed by atoms with Crippen molar-refractivity contribution in [3.05, 3.63) is 0 Å². The maximum absolute atomic E-state index is 12.5. The summed E-state index contributed by atoms with van der Waals surface area (Å²) in [4.78, 5) is 0. The van der Waals surface area contributed by atoms with Crippen LogP contribution in [-0.4, -0.2) is 35.3 Å². The Balaban J connectivity index is 3.95. The van der Waals surface area contributed by atoms with Gasteiger partial charge in [0.1, 0.15) is 0 Å². The summed E-state index contributed by atoms with van der Waals surface area (Å²) in [5.41, 5.74) is 0. The fourth-order valence-electron chi connectivity index (χ4n) is 0.766. The zero-order valence-electron chi connectivity index (χ0n) is 7.73. The molecule has 0 aromatic heterocycles. The minimum absolute atomic E-state index is 0.00215. The van der Waals surface area contributed by atoms with Gasteiger partial charge in [0, 0.05) is 28.7 Å². The van der Waals surface area contributed by atoms with Crippen LogP contribution in [0.25, 0.3) is 0 Å². The molecule has 1 unspecified atom stereocenters. The number of halogens is 4. The summed E-state index contributed by atoms with van der Waals surface area (Å²) in [6.45, 7) is 1.63. The first kappa shape index (κ1) is 13.9. The van der Waals surface area contributed by atoms with Gasteiger partial charge in [0.2, 0.25) is 0 Å². The lowest BCUT2D eigenvalue weighted by molar-refractivity contribution is -0.161. The van der Waals surface area contributed by atoms with Crippen LogP contribution in [0.5, 0.6) is 0 Å². The van der Waals surface area contributed by atoms with E-state index >= 15 is 0 Å². The molecule has 82 valence electrons. The van der Waals surface area contributed by atoms with Gasteiger partial charge in [-0.1, -0.05) is 6.92 Å². The van der Waals surface area contributed by atoms with Gasteiger partial charge in [0.15, 0.2) is 7.85 Å². The molecule has 0 amide bonds. The molecule has 7 heteroatoms. The highest BCUT2D eigenvalue weighted by Crippen LogP contribution is 2.35. The second kappa shape index (κ2) is 5.14. The van der Waals surface area contributed by atoms with Crippen LogP contribution in [0.15, 0.2) is 0 Å². The Morgan fingerprint density at radius 3 is 2.14 bits per heavy atom. The van der Waals surface area contributed by atoms with E-state index in [1.807, 2.05) is 0 Å². The van der Waals surface area contributed by atoms with Crippen molar-refractivity contribution >= 4 is 18.6 Å². The van der Waals surface area contributed by atoms with Crippen molar-refractivity contribution in [3.63, 3.8) is 0 Å². The van der Waals surface area contributed by atoms with Crippen molar-refractivity contribution in [2.75, 3.05) is 11.5 Å². The van der Waals surface area contributed by atoms with Crippen LogP contribution in [0.1, 0.15) is 19.8 Å². The van der Waals surface area contributed by atoms with Gasteiger partial charge in [0.05, 0.1) is 0 Å². The normalized spacial score (nSPS) is 15.5. The summed E-state index contributed by atoms with van der Waals surface area (Å²) in [5, 5.41) is 0. The van der Waals surface area contributed by atoms with Crippen LogP contribution in [-0.2, 0) is 10.8 Å². The van der Waals surface area contributed by atoms with E-state index in [-0.39, 0.29) is 12.2 Å². The third kappa shape index (κ3) is 4.44. The lowest BCUT2D eigenvalue weighted by atomic mass is 9.89.